The highest BCUT2D eigenvalue weighted by Gasteiger charge is 2.32. The third-order valence-electron chi connectivity index (χ3n) is 6.37. The third kappa shape index (κ3) is 7.23. The predicted molar refractivity (Wildman–Crippen MR) is 154 cm³/mol. The molecule has 3 aromatic rings. The lowest BCUT2D eigenvalue weighted by Gasteiger charge is -2.32. The highest BCUT2D eigenvalue weighted by Crippen LogP contribution is 2.26. The quantitative estimate of drug-likeness (QED) is 0.328. The molecule has 0 fully saturated rings. The van der Waals surface area contributed by atoms with Crippen LogP contribution in [0.2, 0.25) is 0 Å². The van der Waals surface area contributed by atoms with E-state index in [-0.39, 0.29) is 17.3 Å². The van der Waals surface area contributed by atoms with E-state index >= 15 is 0 Å². The van der Waals surface area contributed by atoms with Crippen molar-refractivity contribution < 1.29 is 18.0 Å². The SMILES string of the molecule is CCCNC(=O)[C@@H](C)N(Cc1ccc(Br)cc1)C(=O)CN(c1ccc(C)c(C)c1)S(=O)(=O)c1ccccc1. The maximum atomic E-state index is 13.9. The summed E-state index contributed by atoms with van der Waals surface area (Å²) in [6, 6.07) is 20.0. The second-order valence-electron chi connectivity index (χ2n) is 9.21. The zero-order chi connectivity index (χ0) is 27.9. The number of anilines is 1. The number of halogens is 1. The Kier molecular flexibility index (Phi) is 10.1. The monoisotopic (exact) mass is 599 g/mol. The number of aryl methyl sites for hydroxylation is 2. The number of carbonyl (C=O) groups excluding carboxylic acids is 2. The van der Waals surface area contributed by atoms with Gasteiger partial charge in [-0.25, -0.2) is 8.42 Å². The number of nitrogens with one attached hydrogen (secondary N) is 1. The Bertz CT molecular complexity index is 1360. The van der Waals surface area contributed by atoms with Gasteiger partial charge in [0.2, 0.25) is 11.8 Å². The molecule has 2 amide bonds. The van der Waals surface area contributed by atoms with Gasteiger partial charge >= 0.3 is 0 Å². The van der Waals surface area contributed by atoms with Crippen LogP contribution in [0.4, 0.5) is 5.69 Å². The van der Waals surface area contributed by atoms with E-state index in [1.165, 1.54) is 17.0 Å². The molecular formula is C29H34BrN3O4S. The van der Waals surface area contributed by atoms with Gasteiger partial charge in [0.1, 0.15) is 12.6 Å². The first-order chi connectivity index (χ1) is 18.0. The Balaban J connectivity index is 2.02. The van der Waals surface area contributed by atoms with Crippen molar-refractivity contribution >= 4 is 43.5 Å². The standard InChI is InChI=1S/C29H34BrN3O4S/c1-5-17-31-29(35)23(4)32(19-24-12-14-25(30)15-13-24)28(34)20-33(26-16-11-21(2)22(3)18-26)38(36,37)27-9-7-6-8-10-27/h6-16,18,23H,5,17,19-20H2,1-4H3,(H,31,35)/t23-/m1/s1. The number of carbonyl (C=O) groups is 2. The van der Waals surface area contributed by atoms with Crippen molar-refractivity contribution in [1.29, 1.82) is 0 Å². The van der Waals surface area contributed by atoms with Gasteiger partial charge in [-0.05, 0) is 80.3 Å². The lowest BCUT2D eigenvalue weighted by atomic mass is 10.1. The van der Waals surface area contributed by atoms with Crippen molar-refractivity contribution in [2.75, 3.05) is 17.4 Å². The molecule has 0 bridgehead atoms. The Hall–Kier alpha value is -3.17. The van der Waals surface area contributed by atoms with Gasteiger partial charge in [-0.2, -0.15) is 0 Å². The van der Waals surface area contributed by atoms with Gasteiger partial charge in [0, 0.05) is 17.6 Å². The molecule has 0 spiro atoms. The molecule has 0 aliphatic carbocycles. The van der Waals surface area contributed by atoms with Gasteiger partial charge in [-0.15, -0.1) is 0 Å². The van der Waals surface area contributed by atoms with Gasteiger partial charge in [-0.3, -0.25) is 13.9 Å². The number of rotatable bonds is 11. The highest BCUT2D eigenvalue weighted by atomic mass is 79.9. The molecule has 0 heterocycles. The number of hydrogen-bond acceptors (Lipinski definition) is 4. The summed E-state index contributed by atoms with van der Waals surface area (Å²) in [6.07, 6.45) is 0.759. The Labute approximate surface area is 234 Å². The second kappa shape index (κ2) is 13.1. The fourth-order valence-electron chi connectivity index (χ4n) is 3.89. The number of hydrogen-bond donors (Lipinski definition) is 1. The van der Waals surface area contributed by atoms with Crippen LogP contribution >= 0.6 is 15.9 Å². The second-order valence-corrected chi connectivity index (χ2v) is 12.0. The van der Waals surface area contributed by atoms with Crippen LogP contribution in [0.25, 0.3) is 0 Å². The summed E-state index contributed by atoms with van der Waals surface area (Å²) in [4.78, 5) is 28.3. The molecule has 0 saturated carbocycles. The van der Waals surface area contributed by atoms with E-state index in [0.29, 0.717) is 12.2 Å². The Morgan fingerprint density at radius 2 is 1.61 bits per heavy atom. The number of sulfonamides is 1. The summed E-state index contributed by atoms with van der Waals surface area (Å²) < 4.78 is 29.6. The molecule has 202 valence electrons. The summed E-state index contributed by atoms with van der Waals surface area (Å²) in [5, 5.41) is 2.84. The summed E-state index contributed by atoms with van der Waals surface area (Å²) in [6.45, 7) is 7.63. The smallest absolute Gasteiger partial charge is 0.264 e. The first-order valence-electron chi connectivity index (χ1n) is 12.5. The van der Waals surface area contributed by atoms with Crippen molar-refractivity contribution in [1.82, 2.24) is 10.2 Å². The summed E-state index contributed by atoms with van der Waals surface area (Å²) in [7, 11) is -4.07. The van der Waals surface area contributed by atoms with Gasteiger partial charge < -0.3 is 10.2 Å². The van der Waals surface area contributed by atoms with Crippen LogP contribution < -0.4 is 9.62 Å². The van der Waals surface area contributed by atoms with E-state index in [2.05, 4.69) is 21.2 Å². The molecule has 7 nitrogen and oxygen atoms in total. The van der Waals surface area contributed by atoms with Crippen molar-refractivity contribution in [2.24, 2.45) is 0 Å². The summed E-state index contributed by atoms with van der Waals surface area (Å²) in [5.74, 6) is -0.772. The van der Waals surface area contributed by atoms with Crippen LogP contribution in [0.5, 0.6) is 0 Å². The molecule has 0 unspecified atom stereocenters. The minimum absolute atomic E-state index is 0.0826. The Morgan fingerprint density at radius 1 is 0.947 bits per heavy atom. The van der Waals surface area contributed by atoms with Crippen molar-refractivity contribution in [3.63, 3.8) is 0 Å². The molecule has 0 aromatic heterocycles. The van der Waals surface area contributed by atoms with Crippen LogP contribution in [0.3, 0.4) is 0 Å². The van der Waals surface area contributed by atoms with Crippen molar-refractivity contribution in [2.45, 2.75) is 51.6 Å². The highest BCUT2D eigenvalue weighted by molar-refractivity contribution is 9.10. The molecular weight excluding hydrogens is 566 g/mol. The van der Waals surface area contributed by atoms with E-state index in [4.69, 9.17) is 0 Å². The molecule has 9 heteroatoms. The average Bonchev–Trinajstić information content (AvgIpc) is 2.91. The number of nitrogens with zero attached hydrogens (tertiary/aromatic N) is 2. The van der Waals surface area contributed by atoms with E-state index < -0.39 is 28.5 Å². The van der Waals surface area contributed by atoms with Gasteiger partial charge in [-0.1, -0.05) is 59.3 Å². The van der Waals surface area contributed by atoms with Gasteiger partial charge in [0.05, 0.1) is 10.6 Å². The summed E-state index contributed by atoms with van der Waals surface area (Å²) in [5.41, 5.74) is 3.12. The molecule has 0 radical (unpaired) electrons. The van der Waals surface area contributed by atoms with Crippen molar-refractivity contribution in [3.05, 3.63) is 94.0 Å². The minimum atomic E-state index is -4.07. The first-order valence-corrected chi connectivity index (χ1v) is 14.7. The number of benzene rings is 3. The third-order valence-corrected chi connectivity index (χ3v) is 8.69. The maximum absolute atomic E-state index is 13.9. The van der Waals surface area contributed by atoms with Crippen LogP contribution in [-0.4, -0.2) is 44.3 Å². The minimum Gasteiger partial charge on any atom is -0.354 e. The lowest BCUT2D eigenvalue weighted by Crippen LogP contribution is -2.51. The van der Waals surface area contributed by atoms with Crippen LogP contribution in [0.15, 0.2) is 82.2 Å². The zero-order valence-electron chi connectivity index (χ0n) is 22.1. The molecule has 3 aromatic carbocycles. The molecule has 0 aliphatic rings. The Morgan fingerprint density at radius 3 is 2.21 bits per heavy atom. The fraction of sp³-hybridized carbons (Fsp3) is 0.310. The molecule has 1 atom stereocenters. The van der Waals surface area contributed by atoms with Gasteiger partial charge in [0.15, 0.2) is 0 Å². The van der Waals surface area contributed by atoms with Crippen LogP contribution in [0.1, 0.15) is 37.0 Å². The van der Waals surface area contributed by atoms with Crippen LogP contribution in [0, 0.1) is 13.8 Å². The van der Waals surface area contributed by atoms with Crippen LogP contribution in [-0.2, 0) is 26.2 Å². The number of amides is 2. The topological polar surface area (TPSA) is 86.8 Å². The first kappa shape index (κ1) is 29.4. The predicted octanol–water partition coefficient (Wildman–Crippen LogP) is 5.20. The maximum Gasteiger partial charge on any atom is 0.264 e. The van der Waals surface area contributed by atoms with Gasteiger partial charge in [0.25, 0.3) is 10.0 Å². The molecule has 1 N–H and O–H groups in total. The van der Waals surface area contributed by atoms with Crippen molar-refractivity contribution in [3.8, 4) is 0 Å². The van der Waals surface area contributed by atoms with E-state index in [1.54, 1.807) is 37.3 Å². The average molecular weight is 601 g/mol. The van der Waals surface area contributed by atoms with E-state index in [0.717, 1.165) is 31.9 Å². The van der Waals surface area contributed by atoms with E-state index in [1.807, 2.05) is 51.1 Å². The fourth-order valence-corrected chi connectivity index (χ4v) is 5.59. The summed E-state index contributed by atoms with van der Waals surface area (Å²) >= 11 is 3.42. The molecule has 38 heavy (non-hydrogen) atoms. The lowest BCUT2D eigenvalue weighted by molar-refractivity contribution is -0.139. The normalized spacial score (nSPS) is 12.0. The molecule has 0 saturated heterocycles. The molecule has 0 aliphatic heterocycles. The largest absolute Gasteiger partial charge is 0.354 e. The zero-order valence-corrected chi connectivity index (χ0v) is 24.6. The molecule has 3 rings (SSSR count). The van der Waals surface area contributed by atoms with E-state index in [9.17, 15) is 18.0 Å².